The molecule has 0 spiro atoms. The number of carbonyl (C=O) groups is 2. The van der Waals surface area contributed by atoms with Gasteiger partial charge in [0, 0.05) is 56.3 Å². The first-order chi connectivity index (χ1) is 22.0. The minimum absolute atomic E-state index is 0.0146. The third kappa shape index (κ3) is 5.10. The number of pyridine rings is 1. The first-order valence-corrected chi connectivity index (χ1v) is 15.9. The molecule has 2 aromatic carbocycles. The van der Waals surface area contributed by atoms with Gasteiger partial charge >= 0.3 is 0 Å². The topological polar surface area (TPSA) is 130 Å². The number of furan rings is 1. The van der Waals surface area contributed by atoms with Crippen LogP contribution in [-0.4, -0.2) is 83.2 Å². The molecule has 2 aromatic heterocycles. The van der Waals surface area contributed by atoms with Crippen molar-refractivity contribution < 1.29 is 40.5 Å². The molecule has 0 bridgehead atoms. The second-order valence-electron chi connectivity index (χ2n) is 10.6. The molecular weight excluding hydrogens is 625 g/mol. The van der Waals surface area contributed by atoms with E-state index in [2.05, 4.69) is 10.3 Å². The number of benzene rings is 2. The zero-order chi connectivity index (χ0) is 32.9. The van der Waals surface area contributed by atoms with Crippen LogP contribution in [0.1, 0.15) is 32.2 Å². The minimum atomic E-state index is -3.85. The van der Waals surface area contributed by atoms with Crippen molar-refractivity contribution in [1.29, 1.82) is 0 Å². The molecule has 2 N–H and O–H groups in total. The van der Waals surface area contributed by atoms with E-state index in [1.165, 1.54) is 32.3 Å². The lowest BCUT2D eigenvalue weighted by molar-refractivity contribution is -0.630. The van der Waals surface area contributed by atoms with Crippen molar-refractivity contribution in [3.05, 3.63) is 70.9 Å². The summed E-state index contributed by atoms with van der Waals surface area (Å²) in [5.74, 6) is -2.47. The number of amides is 2. The molecule has 2 amide bonds. The number of halogens is 3. The predicted octanol–water partition coefficient (Wildman–Crippen LogP) is 3.47. The average molecular weight is 654 g/mol. The number of rotatable bonds is 9. The summed E-state index contributed by atoms with van der Waals surface area (Å²) in [5, 5.41) is 2.60. The maximum Gasteiger partial charge on any atom is 0.290 e. The molecule has 0 radical (unpaired) electrons. The highest BCUT2D eigenvalue weighted by Gasteiger charge is 2.36. The number of hydrogen-bond acceptors (Lipinski definition) is 7. The van der Waals surface area contributed by atoms with Gasteiger partial charge in [0.1, 0.15) is 30.4 Å². The Hall–Kier alpha value is -5.02. The number of nitrogens with zero attached hydrogens (tertiary/aromatic N) is 4. The van der Waals surface area contributed by atoms with E-state index < -0.39 is 59.9 Å². The summed E-state index contributed by atoms with van der Waals surface area (Å²) >= 11 is 0. The number of aliphatic imine (C=N–C) groups is 1. The fourth-order valence-corrected chi connectivity index (χ4v) is 6.11. The van der Waals surface area contributed by atoms with Crippen LogP contribution in [-0.2, 0) is 10.0 Å². The molecular formula is C31H28F3N6O5S+. The van der Waals surface area contributed by atoms with E-state index in [-0.39, 0.29) is 33.5 Å². The molecule has 0 saturated carbocycles. The number of aromatic nitrogens is 1. The summed E-state index contributed by atoms with van der Waals surface area (Å²) in [6, 6.07) is 10.9. The van der Waals surface area contributed by atoms with Gasteiger partial charge in [0.15, 0.2) is 23.4 Å². The Morgan fingerprint density at radius 3 is 2.50 bits per heavy atom. The van der Waals surface area contributed by atoms with E-state index in [1.807, 2.05) is 0 Å². The predicted molar refractivity (Wildman–Crippen MR) is 167 cm³/mol. The number of anilines is 1. The lowest BCUT2D eigenvalue weighted by atomic mass is 10.0. The maximum absolute atomic E-state index is 14.7. The van der Waals surface area contributed by atoms with Crippen LogP contribution in [0.3, 0.4) is 0 Å². The SMILES string of the molecule is CNC(=O)c1c(C(=O)N(CCF)CCF)oc2cc(N(C)S(C)(=O)=O)c(-c3ccc4c(n3)C3=Cc5c(F)cccc5[NH+]3C=N4)cc12. The molecule has 0 saturated heterocycles. The van der Waals surface area contributed by atoms with Gasteiger partial charge < -0.3 is 14.6 Å². The number of alkyl halides is 2. The van der Waals surface area contributed by atoms with Crippen molar-refractivity contribution in [3.8, 4) is 11.3 Å². The first-order valence-electron chi connectivity index (χ1n) is 14.1. The van der Waals surface area contributed by atoms with E-state index >= 15 is 0 Å². The lowest BCUT2D eigenvalue weighted by Gasteiger charge is -2.21. The van der Waals surface area contributed by atoms with Gasteiger partial charge in [-0.2, -0.15) is 0 Å². The van der Waals surface area contributed by atoms with Gasteiger partial charge in [-0.05, 0) is 24.3 Å². The monoisotopic (exact) mass is 653 g/mol. The van der Waals surface area contributed by atoms with Crippen LogP contribution in [0.4, 0.5) is 30.2 Å². The van der Waals surface area contributed by atoms with E-state index in [4.69, 9.17) is 9.40 Å². The molecule has 11 nitrogen and oxygen atoms in total. The maximum atomic E-state index is 14.7. The third-order valence-electron chi connectivity index (χ3n) is 7.95. The van der Waals surface area contributed by atoms with Gasteiger partial charge in [-0.25, -0.2) is 36.5 Å². The standard InChI is InChI=1S/C31H27F3N6O5S/c1-35-30(41)27-19-13-18(21-7-8-22-28(37-21)25-14-17-20(34)5-4-6-23(17)40(25)16-36-22)24(38(2)46(3,43)44)15-26(19)45-29(27)31(42)39(11-9-32)12-10-33/h4-8,13-16H,9-12H2,1-3H3,(H,35,41)/p+1. The number of sulfonamides is 1. The Labute approximate surface area is 261 Å². The highest BCUT2D eigenvalue weighted by molar-refractivity contribution is 7.92. The van der Waals surface area contributed by atoms with Crippen LogP contribution in [0.2, 0.25) is 0 Å². The molecule has 46 heavy (non-hydrogen) atoms. The second kappa shape index (κ2) is 11.7. The fraction of sp³-hybridized carbons (Fsp3) is 0.226. The van der Waals surface area contributed by atoms with Crippen molar-refractivity contribution >= 4 is 68.0 Å². The summed E-state index contributed by atoms with van der Waals surface area (Å²) in [7, 11) is -1.18. The summed E-state index contributed by atoms with van der Waals surface area (Å²) in [4.78, 5) is 37.5. The largest absolute Gasteiger partial charge is 0.450 e. The normalized spacial score (nSPS) is 14.8. The number of carbonyl (C=O) groups excluding carboxylic acids is 2. The second-order valence-corrected chi connectivity index (χ2v) is 12.7. The molecule has 15 heteroatoms. The van der Waals surface area contributed by atoms with Gasteiger partial charge in [0.05, 0.1) is 28.8 Å². The van der Waals surface area contributed by atoms with Crippen molar-refractivity contribution in [3.63, 3.8) is 0 Å². The molecule has 1 atom stereocenters. The van der Waals surface area contributed by atoms with Crippen molar-refractivity contribution in [2.75, 3.05) is 51.1 Å². The highest BCUT2D eigenvalue weighted by Crippen LogP contribution is 2.40. The number of nitrogens with one attached hydrogen (secondary N) is 2. The number of quaternary nitrogens is 1. The van der Waals surface area contributed by atoms with E-state index in [9.17, 15) is 31.2 Å². The van der Waals surface area contributed by atoms with Crippen molar-refractivity contribution in [2.45, 2.75) is 0 Å². The fourth-order valence-electron chi connectivity index (χ4n) is 5.60. The summed E-state index contributed by atoms with van der Waals surface area (Å²) in [6.45, 7) is -2.75. The summed E-state index contributed by atoms with van der Waals surface area (Å²) in [6.07, 6.45) is 4.33. The van der Waals surface area contributed by atoms with E-state index in [0.717, 1.165) is 15.5 Å². The zero-order valence-electron chi connectivity index (χ0n) is 24.9. The highest BCUT2D eigenvalue weighted by atomic mass is 32.2. The summed E-state index contributed by atoms with van der Waals surface area (Å²) < 4.78 is 73.5. The zero-order valence-corrected chi connectivity index (χ0v) is 25.7. The quantitative estimate of drug-likeness (QED) is 0.285. The van der Waals surface area contributed by atoms with Gasteiger partial charge in [0.2, 0.25) is 15.8 Å². The molecule has 2 aliphatic heterocycles. The number of fused-ring (bicyclic) bond motifs is 6. The molecule has 4 heterocycles. The smallest absolute Gasteiger partial charge is 0.290 e. The Morgan fingerprint density at radius 2 is 1.83 bits per heavy atom. The molecule has 0 fully saturated rings. The third-order valence-corrected chi connectivity index (χ3v) is 9.14. The lowest BCUT2D eigenvalue weighted by Crippen LogP contribution is -3.03. The Kier molecular flexibility index (Phi) is 7.90. The van der Waals surface area contributed by atoms with E-state index in [1.54, 1.807) is 36.7 Å². The average Bonchev–Trinajstić information content (AvgIpc) is 3.62. The first kappa shape index (κ1) is 31.0. The molecule has 0 aliphatic carbocycles. The van der Waals surface area contributed by atoms with Crippen LogP contribution in [0.5, 0.6) is 0 Å². The van der Waals surface area contributed by atoms with Gasteiger partial charge in [-0.15, -0.1) is 0 Å². The minimum Gasteiger partial charge on any atom is -0.450 e. The number of hydrogen-bond donors (Lipinski definition) is 2. The molecule has 1 unspecified atom stereocenters. The van der Waals surface area contributed by atoms with Crippen LogP contribution in [0.25, 0.3) is 34.0 Å². The Balaban J connectivity index is 1.58. The van der Waals surface area contributed by atoms with Gasteiger partial charge in [-0.1, -0.05) is 6.07 Å². The molecule has 2 aliphatic rings. The van der Waals surface area contributed by atoms with Crippen molar-refractivity contribution in [1.82, 2.24) is 15.2 Å². The van der Waals surface area contributed by atoms with Crippen LogP contribution < -0.4 is 14.5 Å². The van der Waals surface area contributed by atoms with Gasteiger partial charge in [0.25, 0.3) is 11.8 Å². The Bertz CT molecular complexity index is 2090. The van der Waals surface area contributed by atoms with Crippen LogP contribution >= 0.6 is 0 Å². The molecule has 6 rings (SSSR count). The molecule has 4 aromatic rings. The molecule has 238 valence electrons. The Morgan fingerprint density at radius 1 is 1.09 bits per heavy atom. The van der Waals surface area contributed by atoms with Gasteiger partial charge in [-0.3, -0.25) is 13.9 Å². The van der Waals surface area contributed by atoms with E-state index in [0.29, 0.717) is 33.2 Å². The van der Waals surface area contributed by atoms with Crippen molar-refractivity contribution in [2.24, 2.45) is 4.99 Å². The van der Waals surface area contributed by atoms with Crippen LogP contribution in [0.15, 0.2) is 51.9 Å². The van der Waals surface area contributed by atoms with Crippen LogP contribution in [0, 0.1) is 5.82 Å². The summed E-state index contributed by atoms with van der Waals surface area (Å²) in [5.41, 5.74) is 3.09.